The van der Waals surface area contributed by atoms with Crippen LogP contribution in [0.1, 0.15) is 194 Å². The molecule has 1 fully saturated rings. The second-order valence-electron chi connectivity index (χ2n) is 15.4. The molecule has 1 atom stereocenters. The number of amides is 1. The smallest absolute Gasteiger partial charge is 0.407 e. The lowest BCUT2D eigenvalue weighted by atomic mass is 10.0. The fraction of sp³-hybridized carbons (Fsp3) is 0.884. The number of allylic oxidation sites excluding steroid dienone is 2. The number of alkyl carbamates (subject to hydrolysis) is 1. The van der Waals surface area contributed by atoms with Crippen LogP contribution in [0.4, 0.5) is 18.0 Å². The third kappa shape index (κ3) is 32.0. The third-order valence-electron chi connectivity index (χ3n) is 9.94. The Bertz CT molecular complexity index is 958. The summed E-state index contributed by atoms with van der Waals surface area (Å²) in [7, 11) is 0. The molecule has 1 heterocycles. The highest BCUT2D eigenvalue weighted by atomic mass is 19.4. The van der Waals surface area contributed by atoms with Crippen molar-refractivity contribution in [2.24, 2.45) is 0 Å². The van der Waals surface area contributed by atoms with E-state index in [0.717, 1.165) is 57.8 Å². The average Bonchev–Trinajstić information content (AvgIpc) is 3.11. The summed E-state index contributed by atoms with van der Waals surface area (Å²) in [4.78, 5) is 38.6. The van der Waals surface area contributed by atoms with Crippen molar-refractivity contribution >= 4 is 18.0 Å². The molecule has 1 aliphatic rings. The van der Waals surface area contributed by atoms with Gasteiger partial charge in [0, 0.05) is 25.9 Å². The number of likely N-dealkylation sites (tertiary alicyclic amines) is 1. The highest BCUT2D eigenvalue weighted by Crippen LogP contribution is 2.20. The average molecular weight is 775 g/mol. The van der Waals surface area contributed by atoms with E-state index in [9.17, 15) is 27.6 Å². The molecule has 1 aliphatic heterocycles. The second kappa shape index (κ2) is 34.0. The minimum absolute atomic E-state index is 0.0692. The molecule has 316 valence electrons. The largest absolute Gasteiger partial charge is 0.462 e. The lowest BCUT2D eigenvalue weighted by Gasteiger charge is -2.39. The summed E-state index contributed by atoms with van der Waals surface area (Å²) in [5, 5.41) is 2.53. The number of nitrogens with one attached hydrogen (secondary N) is 1. The van der Waals surface area contributed by atoms with E-state index in [1.54, 1.807) is 0 Å². The number of rotatable bonds is 36. The quantitative estimate of drug-likeness (QED) is 0.0293. The third-order valence-corrected chi connectivity index (χ3v) is 9.94. The Morgan fingerprint density at radius 1 is 0.611 bits per heavy atom. The number of nitrogens with zero attached hydrogens (tertiary/aromatic N) is 1. The highest BCUT2D eigenvalue weighted by Gasteiger charge is 2.37. The molecule has 1 unspecified atom stereocenters. The van der Waals surface area contributed by atoms with E-state index in [0.29, 0.717) is 6.42 Å². The molecule has 1 N–H and O–H groups in total. The van der Waals surface area contributed by atoms with Crippen molar-refractivity contribution in [2.75, 3.05) is 32.8 Å². The van der Waals surface area contributed by atoms with Crippen molar-refractivity contribution in [1.82, 2.24) is 10.2 Å². The van der Waals surface area contributed by atoms with Crippen LogP contribution < -0.4 is 5.32 Å². The topological polar surface area (TPSA) is 94.2 Å². The van der Waals surface area contributed by atoms with Gasteiger partial charge in [-0.3, -0.25) is 14.5 Å². The molecule has 1 saturated heterocycles. The molecule has 54 heavy (non-hydrogen) atoms. The monoisotopic (exact) mass is 775 g/mol. The fourth-order valence-corrected chi connectivity index (χ4v) is 6.67. The predicted octanol–water partition coefficient (Wildman–Crippen LogP) is 11.9. The molecule has 0 aromatic heterocycles. The van der Waals surface area contributed by atoms with Crippen molar-refractivity contribution in [3.63, 3.8) is 0 Å². The molecule has 1 rings (SSSR count). The fourth-order valence-electron chi connectivity index (χ4n) is 6.67. The maximum Gasteiger partial charge on any atom is 0.407 e. The first-order valence-corrected chi connectivity index (χ1v) is 21.8. The Kier molecular flexibility index (Phi) is 31.3. The van der Waals surface area contributed by atoms with E-state index < -0.39 is 36.9 Å². The first-order valence-electron chi connectivity index (χ1n) is 21.8. The van der Waals surface area contributed by atoms with Gasteiger partial charge in [-0.25, -0.2) is 4.79 Å². The summed E-state index contributed by atoms with van der Waals surface area (Å²) < 4.78 is 53.9. The Morgan fingerprint density at radius 3 is 1.48 bits per heavy atom. The van der Waals surface area contributed by atoms with Crippen molar-refractivity contribution in [3.05, 3.63) is 12.2 Å². The summed E-state index contributed by atoms with van der Waals surface area (Å²) >= 11 is 0. The van der Waals surface area contributed by atoms with Gasteiger partial charge in [0.05, 0.1) is 12.6 Å². The summed E-state index contributed by atoms with van der Waals surface area (Å²) in [6.07, 6.45) is 29.7. The number of halogens is 3. The molecule has 8 nitrogen and oxygen atoms in total. The lowest BCUT2D eigenvalue weighted by Crippen LogP contribution is -2.61. The van der Waals surface area contributed by atoms with Gasteiger partial charge in [-0.15, -0.1) is 0 Å². The Morgan fingerprint density at radius 2 is 1.02 bits per heavy atom. The Labute approximate surface area is 326 Å². The number of alkyl halides is 3. The maximum absolute atomic E-state index is 12.6. The molecule has 0 saturated carbocycles. The molecule has 11 heteroatoms. The Hall–Kier alpha value is -2.30. The number of ether oxygens (including phenoxy) is 3. The van der Waals surface area contributed by atoms with E-state index in [4.69, 9.17) is 14.2 Å². The molecule has 0 bridgehead atoms. The van der Waals surface area contributed by atoms with Gasteiger partial charge in [-0.2, -0.15) is 13.2 Å². The van der Waals surface area contributed by atoms with Crippen LogP contribution in [-0.4, -0.2) is 74.1 Å². The van der Waals surface area contributed by atoms with Crippen molar-refractivity contribution in [1.29, 1.82) is 0 Å². The molecule has 0 aromatic rings. The summed E-state index contributed by atoms with van der Waals surface area (Å²) in [5.41, 5.74) is 0. The van der Waals surface area contributed by atoms with Crippen molar-refractivity contribution < 1.29 is 41.8 Å². The van der Waals surface area contributed by atoms with Gasteiger partial charge < -0.3 is 19.5 Å². The Balaban J connectivity index is 2.29. The first kappa shape index (κ1) is 49.7. The molecule has 0 spiro atoms. The number of carbonyl (C=O) groups excluding carboxylic acids is 3. The second-order valence-corrected chi connectivity index (χ2v) is 15.4. The van der Waals surface area contributed by atoms with Crippen LogP contribution in [0.15, 0.2) is 12.2 Å². The minimum atomic E-state index is -4.29. The van der Waals surface area contributed by atoms with Crippen molar-refractivity contribution in [2.45, 2.75) is 212 Å². The zero-order valence-corrected chi connectivity index (χ0v) is 34.2. The van der Waals surface area contributed by atoms with Crippen molar-refractivity contribution in [3.8, 4) is 0 Å². The van der Waals surface area contributed by atoms with E-state index in [2.05, 4.69) is 31.3 Å². The molecule has 0 aromatic carbocycles. The van der Waals surface area contributed by atoms with Gasteiger partial charge in [0.15, 0.2) is 6.10 Å². The lowest BCUT2D eigenvalue weighted by molar-refractivity contribution is -0.161. The first-order chi connectivity index (χ1) is 26.1. The van der Waals surface area contributed by atoms with E-state index in [1.807, 2.05) is 0 Å². The van der Waals surface area contributed by atoms with Crippen LogP contribution in [0.2, 0.25) is 0 Å². The van der Waals surface area contributed by atoms with Crippen LogP contribution >= 0.6 is 0 Å². The number of esters is 2. The number of hydrogen-bond donors (Lipinski definition) is 1. The molecular formula is C43H77F3N2O6. The molecule has 0 radical (unpaired) electrons. The van der Waals surface area contributed by atoms with Crippen LogP contribution in [0, 0.1) is 0 Å². The van der Waals surface area contributed by atoms with Crippen LogP contribution in [0.3, 0.4) is 0 Å². The van der Waals surface area contributed by atoms with Gasteiger partial charge in [0.2, 0.25) is 0 Å². The zero-order valence-electron chi connectivity index (χ0n) is 34.2. The molecule has 0 aliphatic carbocycles. The number of carbonyl (C=O) groups is 3. The molecular weight excluding hydrogens is 697 g/mol. The van der Waals surface area contributed by atoms with E-state index >= 15 is 0 Å². The van der Waals surface area contributed by atoms with Gasteiger partial charge in [-0.1, -0.05) is 154 Å². The summed E-state index contributed by atoms with van der Waals surface area (Å²) in [6.45, 7) is 3.03. The predicted molar refractivity (Wildman–Crippen MR) is 211 cm³/mol. The maximum atomic E-state index is 12.6. The van der Waals surface area contributed by atoms with Gasteiger partial charge >= 0.3 is 24.2 Å². The standard InChI is InChI=1S/C43H77F3N2O6/c1-3-5-7-9-11-13-15-17-18-20-22-24-26-28-30-32-41(50)54-39(36-53-42(51)47-38-33-48(34-38)37-43(44,45)46)35-52-40(49)31-29-27-25-23-21-19-16-14-12-10-8-6-4-2/h17-18,38-39H,3-16,19-37H2,1-2H3,(H,47,51)/b18-17-. The highest BCUT2D eigenvalue weighted by molar-refractivity contribution is 5.70. The van der Waals surface area contributed by atoms with Gasteiger partial charge in [-0.05, 0) is 38.5 Å². The SMILES string of the molecule is CCCCCCCC/C=C\CCCCCCCC(=O)OC(COC(=O)CCCCCCCCCCCCCCC)COC(=O)NC1CN(CC(F)(F)F)C1. The normalized spacial score (nSPS) is 14.2. The minimum Gasteiger partial charge on any atom is -0.462 e. The van der Waals surface area contributed by atoms with Gasteiger partial charge in [0.1, 0.15) is 13.2 Å². The molecule has 1 amide bonds. The van der Waals surface area contributed by atoms with Crippen LogP contribution in [-0.2, 0) is 23.8 Å². The zero-order chi connectivity index (χ0) is 39.5. The summed E-state index contributed by atoms with van der Waals surface area (Å²) in [6, 6.07) is -0.458. The number of hydrogen-bond acceptors (Lipinski definition) is 7. The van der Waals surface area contributed by atoms with Crippen LogP contribution in [0.25, 0.3) is 0 Å². The van der Waals surface area contributed by atoms with E-state index in [1.165, 1.54) is 108 Å². The van der Waals surface area contributed by atoms with Gasteiger partial charge in [0.25, 0.3) is 0 Å². The van der Waals surface area contributed by atoms with E-state index in [-0.39, 0.29) is 45.1 Å². The number of unbranched alkanes of at least 4 members (excludes halogenated alkanes) is 23. The summed E-state index contributed by atoms with van der Waals surface area (Å²) in [5.74, 6) is -0.837. The van der Waals surface area contributed by atoms with Crippen LogP contribution in [0.5, 0.6) is 0 Å².